The van der Waals surface area contributed by atoms with E-state index in [9.17, 15) is 4.79 Å². The van der Waals surface area contributed by atoms with Crippen molar-refractivity contribution >= 4 is 11.6 Å². The maximum Gasteiger partial charge on any atom is 0.224 e. The third-order valence-corrected chi connectivity index (χ3v) is 3.07. The Kier molecular flexibility index (Phi) is 5.65. The first-order valence-corrected chi connectivity index (χ1v) is 6.20. The van der Waals surface area contributed by atoms with Gasteiger partial charge in [0.05, 0.1) is 7.11 Å². The Hall–Kier alpha value is -1.55. The molecule has 1 unspecified atom stereocenters. The average molecular weight is 250 g/mol. The minimum absolute atomic E-state index is 0.00400. The van der Waals surface area contributed by atoms with Crippen LogP contribution in [0.1, 0.15) is 20.3 Å². The van der Waals surface area contributed by atoms with Gasteiger partial charge in [-0.3, -0.25) is 4.79 Å². The second-order valence-corrected chi connectivity index (χ2v) is 4.72. The highest BCUT2D eigenvalue weighted by atomic mass is 16.5. The molecule has 1 atom stereocenters. The summed E-state index contributed by atoms with van der Waals surface area (Å²) in [6.07, 6.45) is 0.459. The number of benzene rings is 1. The molecule has 0 bridgehead atoms. The lowest BCUT2D eigenvalue weighted by molar-refractivity contribution is -0.117. The fourth-order valence-electron chi connectivity index (χ4n) is 1.72. The molecule has 1 aromatic rings. The van der Waals surface area contributed by atoms with Crippen molar-refractivity contribution < 1.29 is 9.53 Å². The lowest BCUT2D eigenvalue weighted by Crippen LogP contribution is -2.25. The number of carbonyl (C=O) groups excluding carboxylic acids is 1. The number of amides is 1. The Morgan fingerprint density at radius 3 is 2.39 bits per heavy atom. The fourth-order valence-corrected chi connectivity index (χ4v) is 1.72. The first kappa shape index (κ1) is 14.5. The van der Waals surface area contributed by atoms with Gasteiger partial charge in [-0.15, -0.1) is 0 Å². The zero-order chi connectivity index (χ0) is 13.5. The Balaban J connectivity index is 2.53. The molecule has 0 spiro atoms. The SMILES string of the molecule is COc1ccc(NC(=O)CC(CN)C(C)C)cc1. The van der Waals surface area contributed by atoms with Crippen molar-refractivity contribution in [2.75, 3.05) is 19.0 Å². The third-order valence-electron chi connectivity index (χ3n) is 3.07. The van der Waals surface area contributed by atoms with Crippen molar-refractivity contribution in [2.24, 2.45) is 17.6 Å². The van der Waals surface area contributed by atoms with E-state index in [4.69, 9.17) is 10.5 Å². The maximum atomic E-state index is 11.8. The zero-order valence-corrected chi connectivity index (χ0v) is 11.3. The summed E-state index contributed by atoms with van der Waals surface area (Å²) in [5.41, 5.74) is 6.43. The minimum Gasteiger partial charge on any atom is -0.497 e. The van der Waals surface area contributed by atoms with Crippen molar-refractivity contribution in [1.29, 1.82) is 0 Å². The van der Waals surface area contributed by atoms with Gasteiger partial charge < -0.3 is 15.8 Å². The number of hydrogen-bond acceptors (Lipinski definition) is 3. The molecule has 4 nitrogen and oxygen atoms in total. The van der Waals surface area contributed by atoms with E-state index in [-0.39, 0.29) is 11.8 Å². The molecule has 3 N–H and O–H groups in total. The summed E-state index contributed by atoms with van der Waals surface area (Å²) in [5, 5.41) is 2.86. The fraction of sp³-hybridized carbons (Fsp3) is 0.500. The van der Waals surface area contributed by atoms with Crippen LogP contribution < -0.4 is 15.8 Å². The molecule has 1 amide bonds. The van der Waals surface area contributed by atoms with Gasteiger partial charge >= 0.3 is 0 Å². The molecule has 0 aromatic heterocycles. The normalized spacial score (nSPS) is 12.3. The van der Waals surface area contributed by atoms with E-state index in [1.807, 2.05) is 24.3 Å². The highest BCUT2D eigenvalue weighted by Crippen LogP contribution is 2.17. The number of nitrogens with two attached hydrogens (primary N) is 1. The molecule has 18 heavy (non-hydrogen) atoms. The smallest absolute Gasteiger partial charge is 0.224 e. The lowest BCUT2D eigenvalue weighted by atomic mass is 9.92. The van der Waals surface area contributed by atoms with Crippen LogP contribution in [0.25, 0.3) is 0 Å². The molecule has 0 aliphatic rings. The van der Waals surface area contributed by atoms with E-state index in [0.29, 0.717) is 18.9 Å². The zero-order valence-electron chi connectivity index (χ0n) is 11.3. The van der Waals surface area contributed by atoms with Gasteiger partial charge in [-0.1, -0.05) is 13.8 Å². The van der Waals surface area contributed by atoms with Crippen molar-refractivity contribution in [1.82, 2.24) is 0 Å². The molecular weight excluding hydrogens is 228 g/mol. The molecule has 0 radical (unpaired) electrons. The van der Waals surface area contributed by atoms with Crippen LogP contribution in [0.15, 0.2) is 24.3 Å². The molecule has 0 saturated carbocycles. The molecule has 0 heterocycles. The molecule has 0 aliphatic carbocycles. The number of hydrogen-bond donors (Lipinski definition) is 2. The molecular formula is C14H22N2O2. The number of rotatable bonds is 6. The van der Waals surface area contributed by atoms with Crippen LogP contribution in [0.3, 0.4) is 0 Å². The van der Waals surface area contributed by atoms with E-state index < -0.39 is 0 Å². The van der Waals surface area contributed by atoms with Crippen molar-refractivity contribution in [3.05, 3.63) is 24.3 Å². The summed E-state index contributed by atoms with van der Waals surface area (Å²) < 4.78 is 5.06. The Bertz CT molecular complexity index is 374. The Labute approximate surface area is 109 Å². The predicted octanol–water partition coefficient (Wildman–Crippen LogP) is 2.25. The quantitative estimate of drug-likeness (QED) is 0.814. The summed E-state index contributed by atoms with van der Waals surface area (Å²) in [4.78, 5) is 11.8. The number of methoxy groups -OCH3 is 1. The van der Waals surface area contributed by atoms with E-state index >= 15 is 0 Å². The molecule has 4 heteroatoms. The second-order valence-electron chi connectivity index (χ2n) is 4.72. The summed E-state index contributed by atoms with van der Waals surface area (Å²) >= 11 is 0. The first-order valence-electron chi connectivity index (χ1n) is 6.20. The highest BCUT2D eigenvalue weighted by Gasteiger charge is 2.15. The van der Waals surface area contributed by atoms with Crippen LogP contribution in [0.2, 0.25) is 0 Å². The van der Waals surface area contributed by atoms with E-state index in [0.717, 1.165) is 11.4 Å². The summed E-state index contributed by atoms with van der Waals surface area (Å²) in [7, 11) is 1.61. The first-order chi connectivity index (χ1) is 8.56. The standard InChI is InChI=1S/C14H22N2O2/c1-10(2)11(9-15)8-14(17)16-12-4-6-13(18-3)7-5-12/h4-7,10-11H,8-9,15H2,1-3H3,(H,16,17). The van der Waals surface area contributed by atoms with Gasteiger partial charge in [-0.2, -0.15) is 0 Å². The van der Waals surface area contributed by atoms with Crippen molar-refractivity contribution in [2.45, 2.75) is 20.3 Å². The van der Waals surface area contributed by atoms with Crippen LogP contribution in [-0.4, -0.2) is 19.6 Å². The molecule has 0 aliphatic heterocycles. The van der Waals surface area contributed by atoms with Gasteiger partial charge in [0.2, 0.25) is 5.91 Å². The number of anilines is 1. The van der Waals surface area contributed by atoms with Crippen LogP contribution in [0.5, 0.6) is 5.75 Å². The van der Waals surface area contributed by atoms with Gasteiger partial charge in [0.1, 0.15) is 5.75 Å². The minimum atomic E-state index is 0.00400. The molecule has 100 valence electrons. The second kappa shape index (κ2) is 7.01. The Morgan fingerprint density at radius 1 is 1.33 bits per heavy atom. The van der Waals surface area contributed by atoms with Crippen LogP contribution >= 0.6 is 0 Å². The highest BCUT2D eigenvalue weighted by molar-refractivity contribution is 5.90. The molecule has 0 saturated heterocycles. The summed E-state index contributed by atoms with van der Waals surface area (Å²) in [5.74, 6) is 1.42. The number of carbonyl (C=O) groups is 1. The van der Waals surface area contributed by atoms with Gasteiger partial charge in [-0.25, -0.2) is 0 Å². The van der Waals surface area contributed by atoms with Crippen LogP contribution in [0.4, 0.5) is 5.69 Å². The average Bonchev–Trinajstić information content (AvgIpc) is 2.36. The largest absolute Gasteiger partial charge is 0.497 e. The van der Waals surface area contributed by atoms with E-state index in [1.54, 1.807) is 7.11 Å². The molecule has 0 fully saturated rings. The van der Waals surface area contributed by atoms with Crippen molar-refractivity contribution in [3.8, 4) is 5.75 Å². The van der Waals surface area contributed by atoms with Gasteiger partial charge in [0.25, 0.3) is 0 Å². The predicted molar refractivity (Wildman–Crippen MR) is 73.6 cm³/mol. The van der Waals surface area contributed by atoms with Gasteiger partial charge in [0, 0.05) is 12.1 Å². The number of nitrogens with one attached hydrogen (secondary N) is 1. The monoisotopic (exact) mass is 250 g/mol. The van der Waals surface area contributed by atoms with Gasteiger partial charge in [0.15, 0.2) is 0 Å². The van der Waals surface area contributed by atoms with Crippen LogP contribution in [0, 0.1) is 11.8 Å². The van der Waals surface area contributed by atoms with Gasteiger partial charge in [-0.05, 0) is 42.6 Å². The number of ether oxygens (including phenoxy) is 1. The van der Waals surface area contributed by atoms with Crippen molar-refractivity contribution in [3.63, 3.8) is 0 Å². The lowest BCUT2D eigenvalue weighted by Gasteiger charge is -2.18. The van der Waals surface area contributed by atoms with E-state index in [2.05, 4.69) is 19.2 Å². The maximum absolute atomic E-state index is 11.8. The van der Waals surface area contributed by atoms with E-state index in [1.165, 1.54) is 0 Å². The third kappa shape index (κ3) is 4.37. The Morgan fingerprint density at radius 2 is 1.94 bits per heavy atom. The molecule has 1 rings (SSSR count). The summed E-state index contributed by atoms with van der Waals surface area (Å²) in [6.45, 7) is 4.70. The topological polar surface area (TPSA) is 64.3 Å². The molecule has 1 aromatic carbocycles. The van der Waals surface area contributed by atoms with Crippen LogP contribution in [-0.2, 0) is 4.79 Å². The summed E-state index contributed by atoms with van der Waals surface area (Å²) in [6, 6.07) is 7.28.